The molecule has 0 amide bonds. The van der Waals surface area contributed by atoms with Gasteiger partial charge in [-0.15, -0.1) is 11.8 Å². The van der Waals surface area contributed by atoms with Crippen LogP contribution >= 0.6 is 11.8 Å². The van der Waals surface area contributed by atoms with Gasteiger partial charge in [-0.1, -0.05) is 6.07 Å². The fourth-order valence-electron chi connectivity index (χ4n) is 1.40. The highest BCUT2D eigenvalue weighted by Gasteiger charge is 2.11. The number of nitriles is 1. The molecule has 0 saturated carbocycles. The molecule has 0 aliphatic carbocycles. The predicted octanol–water partition coefficient (Wildman–Crippen LogP) is 2.72. The van der Waals surface area contributed by atoms with E-state index in [1.807, 2.05) is 38.1 Å². The molecule has 0 bridgehead atoms. The first kappa shape index (κ1) is 14.3. The Kier molecular flexibility index (Phi) is 4.99. The lowest BCUT2D eigenvalue weighted by Gasteiger charge is -2.05. The van der Waals surface area contributed by atoms with E-state index in [1.54, 1.807) is 6.92 Å². The number of benzene rings is 1. The zero-order valence-electron chi connectivity index (χ0n) is 10.8. The van der Waals surface area contributed by atoms with Gasteiger partial charge in [-0.25, -0.2) is 0 Å². The number of nitrogens with two attached hydrogens (primary N) is 1. The van der Waals surface area contributed by atoms with Gasteiger partial charge in [-0.05, 0) is 44.0 Å². The minimum Gasteiger partial charge on any atom is -0.401 e. The molecule has 0 aliphatic heterocycles. The van der Waals surface area contributed by atoms with Gasteiger partial charge in [-0.2, -0.15) is 5.26 Å². The Morgan fingerprint density at radius 1 is 1.39 bits per heavy atom. The molecular weight excluding hydrogens is 244 g/mol. The average Bonchev–Trinajstić information content (AvgIpc) is 2.31. The Morgan fingerprint density at radius 3 is 2.56 bits per heavy atom. The van der Waals surface area contributed by atoms with Crippen molar-refractivity contribution in [3.63, 3.8) is 0 Å². The summed E-state index contributed by atoms with van der Waals surface area (Å²) in [5.41, 5.74) is 8.25. The molecule has 0 spiro atoms. The summed E-state index contributed by atoms with van der Waals surface area (Å²) >= 11 is 1.42. The Balaban J connectivity index is 2.72. The third-order valence-corrected chi connectivity index (χ3v) is 3.63. The van der Waals surface area contributed by atoms with E-state index >= 15 is 0 Å². The second-order valence-corrected chi connectivity index (χ2v) is 5.18. The third-order valence-electron chi connectivity index (χ3n) is 2.63. The SMILES string of the molecule is CC(N)=C(C#N)C(=O)CSc1ccc(C)c(C)c1. The smallest absolute Gasteiger partial charge is 0.185 e. The zero-order valence-corrected chi connectivity index (χ0v) is 11.6. The number of ketones is 1. The molecule has 1 rings (SSSR count). The van der Waals surface area contributed by atoms with Crippen molar-refractivity contribution in [2.45, 2.75) is 25.7 Å². The molecule has 0 fully saturated rings. The van der Waals surface area contributed by atoms with Crippen molar-refractivity contribution in [1.82, 2.24) is 0 Å². The molecule has 0 saturated heterocycles. The summed E-state index contributed by atoms with van der Waals surface area (Å²) in [6.07, 6.45) is 0. The second-order valence-electron chi connectivity index (χ2n) is 4.13. The number of thioether (sulfide) groups is 1. The van der Waals surface area contributed by atoms with Crippen molar-refractivity contribution in [1.29, 1.82) is 5.26 Å². The van der Waals surface area contributed by atoms with E-state index in [2.05, 4.69) is 0 Å². The summed E-state index contributed by atoms with van der Waals surface area (Å²) in [6.45, 7) is 5.65. The lowest BCUT2D eigenvalue weighted by Crippen LogP contribution is -2.10. The second kappa shape index (κ2) is 6.27. The summed E-state index contributed by atoms with van der Waals surface area (Å²) in [4.78, 5) is 12.8. The maximum atomic E-state index is 11.8. The van der Waals surface area contributed by atoms with Crippen LogP contribution in [0.3, 0.4) is 0 Å². The molecule has 4 heteroatoms. The molecule has 2 N–H and O–H groups in total. The van der Waals surface area contributed by atoms with Gasteiger partial charge in [0.25, 0.3) is 0 Å². The van der Waals surface area contributed by atoms with Gasteiger partial charge in [-0.3, -0.25) is 4.79 Å². The first-order valence-corrected chi connectivity index (χ1v) is 6.54. The lowest BCUT2D eigenvalue weighted by atomic mass is 10.1. The molecule has 0 aliphatic rings. The van der Waals surface area contributed by atoms with E-state index in [4.69, 9.17) is 11.0 Å². The number of carbonyl (C=O) groups is 1. The van der Waals surface area contributed by atoms with Crippen LogP contribution in [0.4, 0.5) is 0 Å². The highest BCUT2D eigenvalue weighted by molar-refractivity contribution is 8.00. The number of rotatable bonds is 4. The summed E-state index contributed by atoms with van der Waals surface area (Å²) in [5.74, 6) is 0.0145. The van der Waals surface area contributed by atoms with Crippen LogP contribution in [-0.4, -0.2) is 11.5 Å². The molecule has 94 valence electrons. The van der Waals surface area contributed by atoms with Crippen molar-refractivity contribution >= 4 is 17.5 Å². The Labute approximate surface area is 112 Å². The van der Waals surface area contributed by atoms with E-state index in [-0.39, 0.29) is 22.8 Å². The van der Waals surface area contributed by atoms with E-state index in [0.717, 1.165) is 4.90 Å². The van der Waals surface area contributed by atoms with Gasteiger partial charge >= 0.3 is 0 Å². The van der Waals surface area contributed by atoms with Crippen molar-refractivity contribution in [2.75, 3.05) is 5.75 Å². The van der Waals surface area contributed by atoms with Crippen LogP contribution in [0.1, 0.15) is 18.1 Å². The van der Waals surface area contributed by atoms with Crippen LogP contribution < -0.4 is 5.73 Å². The largest absolute Gasteiger partial charge is 0.401 e. The molecule has 0 atom stereocenters. The maximum Gasteiger partial charge on any atom is 0.185 e. The summed E-state index contributed by atoms with van der Waals surface area (Å²) in [5, 5.41) is 8.83. The number of carbonyl (C=O) groups excluding carboxylic acids is 1. The van der Waals surface area contributed by atoms with Gasteiger partial charge in [0.2, 0.25) is 0 Å². The number of hydrogen-bond acceptors (Lipinski definition) is 4. The monoisotopic (exact) mass is 260 g/mol. The quantitative estimate of drug-likeness (QED) is 0.513. The van der Waals surface area contributed by atoms with Crippen molar-refractivity contribution in [3.8, 4) is 6.07 Å². The highest BCUT2D eigenvalue weighted by atomic mass is 32.2. The number of allylic oxidation sites excluding steroid dienone is 2. The van der Waals surface area contributed by atoms with E-state index in [9.17, 15) is 4.79 Å². The van der Waals surface area contributed by atoms with Crippen LogP contribution in [0, 0.1) is 25.2 Å². The molecule has 0 heterocycles. The van der Waals surface area contributed by atoms with Gasteiger partial charge in [0, 0.05) is 10.6 Å². The first-order chi connectivity index (χ1) is 8.45. The molecule has 18 heavy (non-hydrogen) atoms. The lowest BCUT2D eigenvalue weighted by molar-refractivity contribution is -0.112. The van der Waals surface area contributed by atoms with E-state index < -0.39 is 0 Å². The summed E-state index contributed by atoms with van der Waals surface area (Å²) < 4.78 is 0. The maximum absolute atomic E-state index is 11.8. The Bertz CT molecular complexity index is 537. The van der Waals surface area contributed by atoms with Crippen molar-refractivity contribution < 1.29 is 4.79 Å². The number of aryl methyl sites for hydroxylation is 2. The molecule has 1 aromatic carbocycles. The first-order valence-electron chi connectivity index (χ1n) is 5.55. The minimum atomic E-state index is -0.222. The molecule has 0 aromatic heterocycles. The highest BCUT2D eigenvalue weighted by Crippen LogP contribution is 2.22. The molecular formula is C14H16N2OS. The fraction of sp³-hybridized carbons (Fsp3) is 0.286. The van der Waals surface area contributed by atoms with Crippen LogP contribution in [-0.2, 0) is 4.79 Å². The van der Waals surface area contributed by atoms with Crippen molar-refractivity contribution in [3.05, 3.63) is 40.6 Å². The number of Topliss-reactive ketones (excluding diaryl/α,β-unsaturated/α-hetero) is 1. The third kappa shape index (κ3) is 3.64. The fourth-order valence-corrected chi connectivity index (χ4v) is 2.26. The molecule has 3 nitrogen and oxygen atoms in total. The molecule has 1 aromatic rings. The van der Waals surface area contributed by atoms with Crippen LogP contribution in [0.2, 0.25) is 0 Å². The number of hydrogen-bond donors (Lipinski definition) is 1. The van der Waals surface area contributed by atoms with Crippen LogP contribution in [0.5, 0.6) is 0 Å². The number of nitrogens with zero attached hydrogens (tertiary/aromatic N) is 1. The van der Waals surface area contributed by atoms with Crippen LogP contribution in [0.25, 0.3) is 0 Å². The van der Waals surface area contributed by atoms with E-state index in [1.165, 1.54) is 22.9 Å². The summed E-state index contributed by atoms with van der Waals surface area (Å²) in [7, 11) is 0. The minimum absolute atomic E-state index is 0.0614. The van der Waals surface area contributed by atoms with Gasteiger partial charge in [0.15, 0.2) is 5.78 Å². The predicted molar refractivity (Wildman–Crippen MR) is 74.1 cm³/mol. The Morgan fingerprint density at radius 2 is 2.06 bits per heavy atom. The van der Waals surface area contributed by atoms with Gasteiger partial charge < -0.3 is 5.73 Å². The molecule has 0 unspecified atom stereocenters. The Hall–Kier alpha value is -1.73. The topological polar surface area (TPSA) is 66.9 Å². The normalized spacial score (nSPS) is 11.7. The van der Waals surface area contributed by atoms with Gasteiger partial charge in [0.05, 0.1) is 5.75 Å². The van der Waals surface area contributed by atoms with Gasteiger partial charge in [0.1, 0.15) is 11.6 Å². The van der Waals surface area contributed by atoms with Crippen molar-refractivity contribution in [2.24, 2.45) is 5.73 Å². The zero-order chi connectivity index (χ0) is 13.7. The molecule has 0 radical (unpaired) electrons. The average molecular weight is 260 g/mol. The van der Waals surface area contributed by atoms with Crippen LogP contribution in [0.15, 0.2) is 34.4 Å². The van der Waals surface area contributed by atoms with E-state index in [0.29, 0.717) is 0 Å². The standard InChI is InChI=1S/C14H16N2OS/c1-9-4-5-12(6-10(9)2)18-8-14(17)13(7-15)11(3)16/h4-6H,8,16H2,1-3H3. The summed E-state index contributed by atoms with van der Waals surface area (Å²) in [6, 6.07) is 7.89.